The van der Waals surface area contributed by atoms with Gasteiger partial charge in [0.1, 0.15) is 12.1 Å². The third-order valence-corrected chi connectivity index (χ3v) is 5.25. The fourth-order valence-electron chi connectivity index (χ4n) is 2.84. The lowest BCUT2D eigenvalue weighted by atomic mass is 9.98. The molecule has 0 aliphatic carbocycles. The van der Waals surface area contributed by atoms with Crippen molar-refractivity contribution in [1.82, 2.24) is 16.0 Å². The minimum atomic E-state index is -1.66. The summed E-state index contributed by atoms with van der Waals surface area (Å²) in [5, 5.41) is 35.7. The zero-order valence-electron chi connectivity index (χ0n) is 20.0. The highest BCUT2D eigenvalue weighted by molar-refractivity contribution is 5.94. The molecule has 0 aromatic heterocycles. The lowest BCUT2D eigenvalue weighted by Crippen LogP contribution is -2.61. The Bertz CT molecular complexity index is 726. The molecule has 34 heavy (non-hydrogen) atoms. The number of nitrogens with zero attached hydrogens (tertiary/aromatic N) is 1. The maximum absolute atomic E-state index is 12.9. The highest BCUT2D eigenvalue weighted by Gasteiger charge is 2.34. The number of rotatable bonds is 15. The van der Waals surface area contributed by atoms with Crippen molar-refractivity contribution in [3.05, 3.63) is 0 Å². The Balaban J connectivity index is 5.56. The van der Waals surface area contributed by atoms with Crippen LogP contribution in [-0.2, 0) is 19.2 Å². The van der Waals surface area contributed by atoms with Crippen LogP contribution in [0.5, 0.6) is 0 Å². The summed E-state index contributed by atoms with van der Waals surface area (Å²) >= 11 is 0. The summed E-state index contributed by atoms with van der Waals surface area (Å²) in [6.07, 6.45) is -1.84. The van der Waals surface area contributed by atoms with Crippen LogP contribution in [0.3, 0.4) is 0 Å². The van der Waals surface area contributed by atoms with E-state index in [2.05, 4.69) is 20.9 Å². The van der Waals surface area contributed by atoms with Crippen LogP contribution in [0, 0.1) is 5.92 Å². The molecular formula is C20H39N7O7. The first-order valence-corrected chi connectivity index (χ1v) is 11.0. The second-order valence-electron chi connectivity index (χ2n) is 8.21. The van der Waals surface area contributed by atoms with Crippen molar-refractivity contribution < 1.29 is 34.5 Å². The van der Waals surface area contributed by atoms with Gasteiger partial charge in [-0.15, -0.1) is 0 Å². The van der Waals surface area contributed by atoms with Gasteiger partial charge in [0.2, 0.25) is 17.7 Å². The first kappa shape index (κ1) is 31.0. The number of hydrogen-bond acceptors (Lipinski definition) is 8. The van der Waals surface area contributed by atoms with Crippen molar-refractivity contribution in [2.45, 2.75) is 83.3 Å². The molecule has 3 amide bonds. The highest BCUT2D eigenvalue weighted by atomic mass is 16.4. The molecule has 0 fully saturated rings. The fraction of sp³-hybridized carbons (Fsp3) is 0.750. The summed E-state index contributed by atoms with van der Waals surface area (Å²) in [5.74, 6) is -4.20. The molecule has 14 heteroatoms. The van der Waals surface area contributed by atoms with E-state index in [1.165, 1.54) is 6.92 Å². The van der Waals surface area contributed by atoms with E-state index < -0.39 is 60.1 Å². The first-order chi connectivity index (χ1) is 15.7. The van der Waals surface area contributed by atoms with Gasteiger partial charge >= 0.3 is 5.97 Å². The van der Waals surface area contributed by atoms with Crippen LogP contribution in [0.25, 0.3) is 0 Å². The van der Waals surface area contributed by atoms with E-state index in [9.17, 15) is 29.4 Å². The third-order valence-electron chi connectivity index (χ3n) is 5.25. The highest BCUT2D eigenvalue weighted by Crippen LogP contribution is 2.08. The molecule has 12 N–H and O–H groups in total. The quantitative estimate of drug-likeness (QED) is 0.0629. The number of guanidine groups is 1. The molecule has 0 bridgehead atoms. The van der Waals surface area contributed by atoms with Crippen molar-refractivity contribution in [3.63, 3.8) is 0 Å². The Morgan fingerprint density at radius 1 is 0.882 bits per heavy atom. The van der Waals surface area contributed by atoms with Crippen molar-refractivity contribution in [1.29, 1.82) is 0 Å². The molecule has 0 saturated heterocycles. The molecule has 0 aromatic rings. The molecule has 0 aliphatic rings. The average Bonchev–Trinajstić information content (AvgIpc) is 2.75. The predicted octanol–water partition coefficient (Wildman–Crippen LogP) is -3.29. The maximum atomic E-state index is 12.9. The Morgan fingerprint density at radius 2 is 1.41 bits per heavy atom. The SMILES string of the molecule is CCC(C)C(N)C(=O)NC(CCCN=C(N)N)C(=O)NC(C(=O)NC(C(=O)O)C(C)O)C(C)O. The van der Waals surface area contributed by atoms with Crippen LogP contribution in [0.2, 0.25) is 0 Å². The zero-order chi connectivity index (χ0) is 26.6. The number of amides is 3. The van der Waals surface area contributed by atoms with Crippen LogP contribution in [-0.4, -0.2) is 87.9 Å². The van der Waals surface area contributed by atoms with Gasteiger partial charge in [-0.25, -0.2) is 4.79 Å². The fourth-order valence-corrected chi connectivity index (χ4v) is 2.84. The van der Waals surface area contributed by atoms with E-state index in [1.807, 2.05) is 6.92 Å². The number of nitrogens with two attached hydrogens (primary N) is 3. The molecule has 196 valence electrons. The van der Waals surface area contributed by atoms with Gasteiger partial charge in [0, 0.05) is 6.54 Å². The number of carbonyl (C=O) groups excluding carboxylic acids is 3. The molecule has 0 heterocycles. The van der Waals surface area contributed by atoms with Crippen molar-refractivity contribution in [2.75, 3.05) is 6.54 Å². The monoisotopic (exact) mass is 489 g/mol. The van der Waals surface area contributed by atoms with Crippen LogP contribution < -0.4 is 33.2 Å². The van der Waals surface area contributed by atoms with E-state index in [4.69, 9.17) is 22.3 Å². The molecule has 0 rings (SSSR count). The zero-order valence-corrected chi connectivity index (χ0v) is 20.0. The van der Waals surface area contributed by atoms with Gasteiger partial charge < -0.3 is 48.5 Å². The Morgan fingerprint density at radius 3 is 1.85 bits per heavy atom. The average molecular weight is 490 g/mol. The number of aliphatic imine (C=N–C) groups is 1. The largest absolute Gasteiger partial charge is 0.480 e. The van der Waals surface area contributed by atoms with Gasteiger partial charge in [0.25, 0.3) is 0 Å². The second kappa shape index (κ2) is 15.0. The molecule has 0 radical (unpaired) electrons. The number of carbonyl (C=O) groups is 4. The number of carboxylic acid groups (broad SMARTS) is 1. The van der Waals surface area contributed by atoms with Gasteiger partial charge in [0.15, 0.2) is 12.0 Å². The Kier molecular flexibility index (Phi) is 13.7. The van der Waals surface area contributed by atoms with Gasteiger partial charge in [-0.2, -0.15) is 0 Å². The summed E-state index contributed by atoms with van der Waals surface area (Å²) in [4.78, 5) is 53.1. The van der Waals surface area contributed by atoms with Crippen LogP contribution in [0.1, 0.15) is 47.0 Å². The van der Waals surface area contributed by atoms with Crippen molar-refractivity contribution in [3.8, 4) is 0 Å². The minimum absolute atomic E-state index is 0.0845. The summed E-state index contributed by atoms with van der Waals surface area (Å²) in [5.41, 5.74) is 16.5. The van der Waals surface area contributed by atoms with E-state index in [0.717, 1.165) is 6.92 Å². The number of aliphatic hydroxyl groups is 2. The van der Waals surface area contributed by atoms with Gasteiger partial charge in [0.05, 0.1) is 18.2 Å². The predicted molar refractivity (Wildman–Crippen MR) is 124 cm³/mol. The number of hydrogen-bond donors (Lipinski definition) is 9. The maximum Gasteiger partial charge on any atom is 0.328 e. The van der Waals surface area contributed by atoms with Gasteiger partial charge in [-0.3, -0.25) is 19.4 Å². The van der Waals surface area contributed by atoms with Crippen LogP contribution in [0.4, 0.5) is 0 Å². The Labute approximate surface area is 198 Å². The minimum Gasteiger partial charge on any atom is -0.480 e. The van der Waals surface area contributed by atoms with E-state index in [-0.39, 0.29) is 24.8 Å². The van der Waals surface area contributed by atoms with E-state index in [1.54, 1.807) is 6.92 Å². The van der Waals surface area contributed by atoms with Crippen molar-refractivity contribution >= 4 is 29.7 Å². The van der Waals surface area contributed by atoms with Crippen LogP contribution in [0.15, 0.2) is 4.99 Å². The summed E-state index contributed by atoms with van der Waals surface area (Å²) in [7, 11) is 0. The van der Waals surface area contributed by atoms with Gasteiger partial charge in [-0.05, 0) is 32.6 Å². The number of aliphatic carboxylic acids is 1. The van der Waals surface area contributed by atoms with E-state index >= 15 is 0 Å². The third kappa shape index (κ3) is 10.8. The molecule has 14 nitrogen and oxygen atoms in total. The molecule has 0 saturated carbocycles. The summed E-state index contributed by atoms with van der Waals surface area (Å²) in [6, 6.07) is -5.24. The Hall–Kier alpha value is -2.97. The van der Waals surface area contributed by atoms with Crippen molar-refractivity contribution in [2.24, 2.45) is 28.1 Å². The molecule has 0 aromatic carbocycles. The molecule has 7 unspecified atom stereocenters. The first-order valence-electron chi connectivity index (χ1n) is 11.0. The normalized spacial score (nSPS) is 17.1. The van der Waals surface area contributed by atoms with Crippen LogP contribution >= 0.6 is 0 Å². The topological polar surface area (TPSA) is 255 Å². The lowest BCUT2D eigenvalue weighted by Gasteiger charge is -2.27. The van der Waals surface area contributed by atoms with Gasteiger partial charge in [-0.1, -0.05) is 20.3 Å². The second-order valence-corrected chi connectivity index (χ2v) is 8.21. The number of carboxylic acids is 1. The molecule has 0 aliphatic heterocycles. The number of aliphatic hydroxyl groups excluding tert-OH is 2. The smallest absolute Gasteiger partial charge is 0.328 e. The lowest BCUT2D eigenvalue weighted by molar-refractivity contribution is -0.146. The number of nitrogens with one attached hydrogen (secondary N) is 3. The summed E-state index contributed by atoms with van der Waals surface area (Å²) < 4.78 is 0. The standard InChI is InChI=1S/C20H39N7O7/c1-5-9(2)13(21)17(31)25-12(7-6-8-24-20(22)23)16(30)26-14(10(3)28)18(32)27-15(11(4)29)19(33)34/h9-15,28-29H,5-8,21H2,1-4H3,(H,25,31)(H,26,30)(H,27,32)(H,33,34)(H4,22,23,24). The molecule has 7 atom stereocenters. The molecule has 0 spiro atoms. The summed E-state index contributed by atoms with van der Waals surface area (Å²) in [6.45, 7) is 6.20. The molecular weight excluding hydrogens is 450 g/mol. The van der Waals surface area contributed by atoms with E-state index in [0.29, 0.717) is 12.8 Å².